The van der Waals surface area contributed by atoms with E-state index >= 15 is 0 Å². The van der Waals surface area contributed by atoms with E-state index in [0.717, 1.165) is 11.8 Å². The number of hydrogen-bond donors (Lipinski definition) is 1. The van der Waals surface area contributed by atoms with Crippen LogP contribution in [0.1, 0.15) is 25.0 Å². The van der Waals surface area contributed by atoms with E-state index in [2.05, 4.69) is 4.72 Å². The zero-order chi connectivity index (χ0) is 17.1. The Kier molecular flexibility index (Phi) is 6.14. The molecular weight excluding hydrogens is 324 g/mol. The van der Waals surface area contributed by atoms with E-state index in [4.69, 9.17) is 0 Å². The van der Waals surface area contributed by atoms with Gasteiger partial charge < -0.3 is 0 Å². The van der Waals surface area contributed by atoms with Crippen LogP contribution in [-0.2, 0) is 20.0 Å². The van der Waals surface area contributed by atoms with Crippen molar-refractivity contribution in [1.29, 1.82) is 0 Å². The van der Waals surface area contributed by atoms with Crippen LogP contribution in [0.15, 0.2) is 23.1 Å². The van der Waals surface area contributed by atoms with Gasteiger partial charge in [-0.05, 0) is 39.3 Å². The van der Waals surface area contributed by atoms with Crippen molar-refractivity contribution in [2.24, 2.45) is 0 Å². The molecule has 1 aromatic rings. The highest BCUT2D eigenvalue weighted by Crippen LogP contribution is 2.16. The lowest BCUT2D eigenvalue weighted by atomic mass is 10.2. The molecule has 0 fully saturated rings. The van der Waals surface area contributed by atoms with E-state index in [1.807, 2.05) is 6.92 Å². The maximum absolute atomic E-state index is 12.3. The predicted molar refractivity (Wildman–Crippen MR) is 87.8 cm³/mol. The zero-order valence-corrected chi connectivity index (χ0v) is 15.3. The van der Waals surface area contributed by atoms with Crippen molar-refractivity contribution in [2.75, 3.05) is 19.3 Å². The first-order valence-electron chi connectivity index (χ1n) is 6.99. The molecule has 0 spiro atoms. The number of benzene rings is 1. The van der Waals surface area contributed by atoms with Crippen molar-refractivity contribution in [1.82, 2.24) is 9.03 Å². The Morgan fingerprint density at radius 1 is 1.14 bits per heavy atom. The highest BCUT2D eigenvalue weighted by atomic mass is 32.2. The Hall–Kier alpha value is -0.960. The Labute approximate surface area is 133 Å². The van der Waals surface area contributed by atoms with Gasteiger partial charge in [-0.25, -0.2) is 21.6 Å². The number of rotatable bonds is 7. The van der Waals surface area contributed by atoms with Gasteiger partial charge in [0.2, 0.25) is 20.0 Å². The second-order valence-electron chi connectivity index (χ2n) is 5.63. The largest absolute Gasteiger partial charge is 0.240 e. The summed E-state index contributed by atoms with van der Waals surface area (Å²) >= 11 is 0. The highest BCUT2D eigenvalue weighted by molar-refractivity contribution is 7.89. The lowest BCUT2D eigenvalue weighted by Gasteiger charge is -2.24. The number of sulfonamides is 2. The van der Waals surface area contributed by atoms with Crippen molar-refractivity contribution in [3.63, 3.8) is 0 Å². The van der Waals surface area contributed by atoms with Crippen molar-refractivity contribution < 1.29 is 16.8 Å². The molecule has 0 aliphatic rings. The molecule has 22 heavy (non-hydrogen) atoms. The minimum absolute atomic E-state index is 0.0287. The summed E-state index contributed by atoms with van der Waals surface area (Å²) in [6.07, 6.45) is 1.12. The molecule has 8 heteroatoms. The molecule has 0 unspecified atom stereocenters. The van der Waals surface area contributed by atoms with Crippen LogP contribution < -0.4 is 4.72 Å². The normalized spacial score (nSPS) is 13.0. The summed E-state index contributed by atoms with van der Waals surface area (Å²) in [7, 11) is -7.01. The van der Waals surface area contributed by atoms with E-state index in [1.165, 1.54) is 4.31 Å². The van der Waals surface area contributed by atoms with Crippen LogP contribution >= 0.6 is 0 Å². The fourth-order valence-corrected chi connectivity index (χ4v) is 4.71. The average Bonchev–Trinajstić information content (AvgIpc) is 2.31. The summed E-state index contributed by atoms with van der Waals surface area (Å²) in [6.45, 7) is 7.25. The number of nitrogens with zero attached hydrogens (tertiary/aromatic N) is 1. The van der Waals surface area contributed by atoms with Gasteiger partial charge in [0.05, 0.1) is 11.2 Å². The molecular formula is C14H24N2O4S2. The monoisotopic (exact) mass is 348 g/mol. The van der Waals surface area contributed by atoms with Crippen molar-refractivity contribution in [2.45, 2.75) is 38.6 Å². The lowest BCUT2D eigenvalue weighted by Crippen LogP contribution is -2.41. The summed E-state index contributed by atoms with van der Waals surface area (Å²) in [5.74, 6) is 0. The maximum atomic E-state index is 12.3. The molecule has 1 rings (SSSR count). The van der Waals surface area contributed by atoms with E-state index in [0.29, 0.717) is 5.56 Å². The van der Waals surface area contributed by atoms with Gasteiger partial charge >= 0.3 is 0 Å². The van der Waals surface area contributed by atoms with Crippen LogP contribution in [0, 0.1) is 13.8 Å². The van der Waals surface area contributed by atoms with Crippen molar-refractivity contribution >= 4 is 20.0 Å². The first-order valence-corrected chi connectivity index (χ1v) is 10.3. The molecule has 0 saturated heterocycles. The van der Waals surface area contributed by atoms with Gasteiger partial charge in [0, 0.05) is 19.1 Å². The molecule has 0 aromatic heterocycles. The lowest BCUT2D eigenvalue weighted by molar-refractivity contribution is 0.360. The summed E-state index contributed by atoms with van der Waals surface area (Å²) in [6, 6.07) is 4.87. The number of aryl methyl sites for hydroxylation is 2. The van der Waals surface area contributed by atoms with E-state index < -0.39 is 20.0 Å². The van der Waals surface area contributed by atoms with Gasteiger partial charge in [-0.3, -0.25) is 0 Å². The Bertz CT molecular complexity index is 725. The third-order valence-electron chi connectivity index (χ3n) is 3.25. The van der Waals surface area contributed by atoms with Gasteiger partial charge in [-0.2, -0.15) is 4.31 Å². The molecule has 6 nitrogen and oxygen atoms in total. The molecule has 1 N–H and O–H groups in total. The Morgan fingerprint density at radius 3 is 2.18 bits per heavy atom. The van der Waals surface area contributed by atoms with Gasteiger partial charge in [-0.1, -0.05) is 17.7 Å². The minimum atomic E-state index is -3.65. The van der Waals surface area contributed by atoms with E-state index in [-0.39, 0.29) is 24.0 Å². The molecule has 0 atom stereocenters. The van der Waals surface area contributed by atoms with Crippen molar-refractivity contribution in [3.8, 4) is 0 Å². The first kappa shape index (κ1) is 19.1. The van der Waals surface area contributed by atoms with Gasteiger partial charge in [0.15, 0.2) is 0 Å². The quantitative estimate of drug-likeness (QED) is 0.804. The minimum Gasteiger partial charge on any atom is -0.212 e. The SMILES string of the molecule is Cc1ccc(S(=O)(=O)NCCN(C(C)C)S(C)(=O)=O)c(C)c1. The third-order valence-corrected chi connectivity index (χ3v) is 6.32. The second-order valence-corrected chi connectivity index (χ2v) is 9.30. The second kappa shape index (κ2) is 7.08. The molecule has 0 bridgehead atoms. The maximum Gasteiger partial charge on any atom is 0.240 e. The van der Waals surface area contributed by atoms with Gasteiger partial charge in [0.1, 0.15) is 0 Å². The van der Waals surface area contributed by atoms with E-state index in [1.54, 1.807) is 39.0 Å². The number of hydrogen-bond acceptors (Lipinski definition) is 4. The molecule has 0 amide bonds. The Morgan fingerprint density at radius 2 is 1.73 bits per heavy atom. The molecule has 0 radical (unpaired) electrons. The smallest absolute Gasteiger partial charge is 0.212 e. The van der Waals surface area contributed by atoms with Gasteiger partial charge in [0.25, 0.3) is 0 Å². The summed E-state index contributed by atoms with van der Waals surface area (Å²) in [5, 5.41) is 0. The first-order chi connectivity index (χ1) is 9.95. The summed E-state index contributed by atoms with van der Waals surface area (Å²) in [4.78, 5) is 0.216. The zero-order valence-electron chi connectivity index (χ0n) is 13.6. The van der Waals surface area contributed by atoms with Gasteiger partial charge in [-0.15, -0.1) is 0 Å². The van der Waals surface area contributed by atoms with Crippen LogP contribution in [0.2, 0.25) is 0 Å². The fourth-order valence-electron chi connectivity index (χ4n) is 2.28. The fraction of sp³-hybridized carbons (Fsp3) is 0.571. The number of nitrogens with one attached hydrogen (secondary N) is 1. The molecule has 0 heterocycles. The predicted octanol–water partition coefficient (Wildman–Crippen LogP) is 1.25. The Balaban J connectivity index is 2.82. The standard InChI is InChI=1S/C14H24N2O4S2/c1-11(2)16(21(5,17)18)9-8-15-22(19,20)14-7-6-12(3)10-13(14)4/h6-7,10-11,15H,8-9H2,1-5H3. The average molecular weight is 348 g/mol. The molecule has 126 valence electrons. The van der Waals surface area contributed by atoms with Crippen LogP contribution in [0.5, 0.6) is 0 Å². The highest BCUT2D eigenvalue weighted by Gasteiger charge is 2.21. The molecule has 1 aromatic carbocycles. The van der Waals surface area contributed by atoms with Crippen LogP contribution in [-0.4, -0.2) is 46.5 Å². The van der Waals surface area contributed by atoms with Crippen LogP contribution in [0.3, 0.4) is 0 Å². The third kappa shape index (κ3) is 5.05. The van der Waals surface area contributed by atoms with Crippen molar-refractivity contribution in [3.05, 3.63) is 29.3 Å². The molecule has 0 saturated carbocycles. The molecule has 0 aliphatic carbocycles. The summed E-state index contributed by atoms with van der Waals surface area (Å²) in [5.41, 5.74) is 1.65. The molecule has 0 aliphatic heterocycles. The van der Waals surface area contributed by atoms with E-state index in [9.17, 15) is 16.8 Å². The van der Waals surface area contributed by atoms with Crippen LogP contribution in [0.4, 0.5) is 0 Å². The summed E-state index contributed by atoms with van der Waals surface area (Å²) < 4.78 is 51.6. The topological polar surface area (TPSA) is 83.6 Å². The van der Waals surface area contributed by atoms with Crippen LogP contribution in [0.25, 0.3) is 0 Å².